The lowest BCUT2D eigenvalue weighted by Crippen LogP contribution is -2.20. The maximum atomic E-state index is 11.1. The molecule has 3 aromatic rings. The number of aromatic nitrogens is 4. The Morgan fingerprint density at radius 1 is 1.30 bits per heavy atom. The number of carboxylic acid groups (broad SMARTS) is 1. The quantitative estimate of drug-likeness (QED) is 0.667. The van der Waals surface area contributed by atoms with Gasteiger partial charge in [-0.2, -0.15) is 0 Å². The molecule has 0 unspecified atom stereocenters. The number of aromatic carboxylic acids is 1. The summed E-state index contributed by atoms with van der Waals surface area (Å²) >= 11 is 0. The lowest BCUT2D eigenvalue weighted by molar-refractivity contribution is 0.0691. The van der Waals surface area contributed by atoms with Gasteiger partial charge in [0, 0.05) is 24.4 Å². The van der Waals surface area contributed by atoms with Gasteiger partial charge in [-0.05, 0) is 36.6 Å². The van der Waals surface area contributed by atoms with Crippen LogP contribution in [0.2, 0.25) is 0 Å². The van der Waals surface area contributed by atoms with Crippen LogP contribution in [0.5, 0.6) is 0 Å². The van der Waals surface area contributed by atoms with Crippen LogP contribution in [0.4, 0.5) is 5.82 Å². The van der Waals surface area contributed by atoms with E-state index in [1.54, 1.807) is 6.07 Å². The van der Waals surface area contributed by atoms with Crippen molar-refractivity contribution in [3.63, 3.8) is 0 Å². The van der Waals surface area contributed by atoms with Gasteiger partial charge in [-0.15, -0.1) is 0 Å². The number of anilines is 1. The van der Waals surface area contributed by atoms with E-state index >= 15 is 0 Å². The zero-order chi connectivity index (χ0) is 15.9. The van der Waals surface area contributed by atoms with Crippen molar-refractivity contribution < 1.29 is 9.90 Å². The van der Waals surface area contributed by atoms with Crippen molar-refractivity contribution in [2.24, 2.45) is 0 Å². The first-order valence-electron chi connectivity index (χ1n) is 7.39. The third-order valence-corrected chi connectivity index (χ3v) is 4.40. The van der Waals surface area contributed by atoms with Crippen molar-refractivity contribution >= 4 is 22.8 Å². The minimum absolute atomic E-state index is 0.110. The van der Waals surface area contributed by atoms with Gasteiger partial charge in [0.2, 0.25) is 0 Å². The first-order valence-corrected chi connectivity index (χ1v) is 7.39. The van der Waals surface area contributed by atoms with Crippen LogP contribution in [0.3, 0.4) is 0 Å². The number of pyridine rings is 1. The lowest BCUT2D eigenvalue weighted by Gasteiger charge is -2.17. The predicted octanol–water partition coefficient (Wildman–Crippen LogP) is 2.19. The summed E-state index contributed by atoms with van der Waals surface area (Å²) in [7, 11) is 0. The molecule has 0 spiro atoms. The van der Waals surface area contributed by atoms with Gasteiger partial charge in [-0.3, -0.25) is 4.98 Å². The van der Waals surface area contributed by atoms with Crippen LogP contribution in [-0.2, 0) is 5.41 Å². The fourth-order valence-corrected chi connectivity index (χ4v) is 2.87. The molecule has 3 heterocycles. The van der Waals surface area contributed by atoms with Crippen LogP contribution in [0, 0.1) is 0 Å². The Morgan fingerprint density at radius 3 is 2.78 bits per heavy atom. The average molecular weight is 309 g/mol. The van der Waals surface area contributed by atoms with E-state index in [9.17, 15) is 4.79 Å². The molecule has 3 aromatic heterocycles. The van der Waals surface area contributed by atoms with Gasteiger partial charge < -0.3 is 15.4 Å². The Bertz CT molecular complexity index is 871. The number of hydrogen-bond acceptors (Lipinski definition) is 5. The summed E-state index contributed by atoms with van der Waals surface area (Å²) in [5.74, 6) is -0.358. The third kappa shape index (κ3) is 2.40. The number of H-pyrrole nitrogens is 1. The second kappa shape index (κ2) is 5.05. The Hall–Kier alpha value is -2.96. The molecule has 1 aliphatic carbocycles. The standard InChI is InChI=1S/C16H15N5O2/c22-15(23)12-7-11-13(19-9-20-14(11)21-12)18-8-16(3-4-16)10-1-5-17-6-2-10/h1-2,5-7,9H,3-4,8H2,(H,22,23)(H2,18,19,20,21). The molecule has 3 N–H and O–H groups in total. The van der Waals surface area contributed by atoms with Crippen molar-refractivity contribution in [2.75, 3.05) is 11.9 Å². The fraction of sp³-hybridized carbons (Fsp3) is 0.250. The normalized spacial score (nSPS) is 15.5. The molecule has 116 valence electrons. The number of nitrogens with one attached hydrogen (secondary N) is 2. The molecule has 0 bridgehead atoms. The van der Waals surface area contributed by atoms with Gasteiger partial charge in [-0.1, -0.05) is 0 Å². The number of rotatable bonds is 5. The number of hydrogen-bond donors (Lipinski definition) is 3. The number of carboxylic acids is 1. The highest BCUT2D eigenvalue weighted by atomic mass is 16.4. The Balaban J connectivity index is 1.60. The van der Waals surface area contributed by atoms with Gasteiger partial charge in [0.15, 0.2) is 0 Å². The van der Waals surface area contributed by atoms with E-state index in [1.807, 2.05) is 24.5 Å². The van der Waals surface area contributed by atoms with E-state index < -0.39 is 5.97 Å². The molecular formula is C16H15N5O2. The third-order valence-electron chi connectivity index (χ3n) is 4.40. The van der Waals surface area contributed by atoms with Crippen molar-refractivity contribution in [1.82, 2.24) is 19.9 Å². The fourth-order valence-electron chi connectivity index (χ4n) is 2.87. The molecule has 0 atom stereocenters. The summed E-state index contributed by atoms with van der Waals surface area (Å²) in [5, 5.41) is 13.1. The highest BCUT2D eigenvalue weighted by molar-refractivity contribution is 5.96. The summed E-state index contributed by atoms with van der Waals surface area (Å²) in [6, 6.07) is 5.65. The van der Waals surface area contributed by atoms with E-state index in [1.165, 1.54) is 11.9 Å². The van der Waals surface area contributed by atoms with E-state index in [0.717, 1.165) is 19.4 Å². The SMILES string of the molecule is O=C(O)c1cc2c(NCC3(c4ccncc4)CC3)ncnc2[nH]1. The largest absolute Gasteiger partial charge is 0.477 e. The monoisotopic (exact) mass is 309 g/mol. The summed E-state index contributed by atoms with van der Waals surface area (Å²) in [6.45, 7) is 0.747. The average Bonchev–Trinajstić information content (AvgIpc) is 3.23. The zero-order valence-electron chi connectivity index (χ0n) is 12.3. The van der Waals surface area contributed by atoms with Gasteiger partial charge >= 0.3 is 5.97 Å². The smallest absolute Gasteiger partial charge is 0.352 e. The Morgan fingerprint density at radius 2 is 2.09 bits per heavy atom. The minimum atomic E-state index is -1.01. The predicted molar refractivity (Wildman–Crippen MR) is 84.5 cm³/mol. The van der Waals surface area contributed by atoms with Gasteiger partial charge in [0.05, 0.1) is 5.39 Å². The van der Waals surface area contributed by atoms with E-state index in [4.69, 9.17) is 5.11 Å². The minimum Gasteiger partial charge on any atom is -0.477 e. The summed E-state index contributed by atoms with van der Waals surface area (Å²) in [5.41, 5.74) is 2.02. The van der Waals surface area contributed by atoms with Crippen molar-refractivity contribution in [2.45, 2.75) is 18.3 Å². The number of aromatic amines is 1. The van der Waals surface area contributed by atoms with Crippen LogP contribution in [0.25, 0.3) is 11.0 Å². The topological polar surface area (TPSA) is 104 Å². The molecule has 1 fully saturated rings. The molecule has 0 aromatic carbocycles. The van der Waals surface area contributed by atoms with Crippen molar-refractivity contribution in [3.05, 3.63) is 48.2 Å². The summed E-state index contributed by atoms with van der Waals surface area (Å²) < 4.78 is 0. The van der Waals surface area contributed by atoms with Gasteiger partial charge in [0.25, 0.3) is 0 Å². The molecule has 7 heteroatoms. The van der Waals surface area contributed by atoms with Crippen LogP contribution < -0.4 is 5.32 Å². The van der Waals surface area contributed by atoms with E-state index in [2.05, 4.69) is 25.3 Å². The second-order valence-electron chi connectivity index (χ2n) is 5.84. The molecule has 0 amide bonds. The molecule has 1 saturated carbocycles. The lowest BCUT2D eigenvalue weighted by atomic mass is 9.97. The van der Waals surface area contributed by atoms with Gasteiger partial charge in [-0.25, -0.2) is 14.8 Å². The molecule has 23 heavy (non-hydrogen) atoms. The van der Waals surface area contributed by atoms with Crippen LogP contribution >= 0.6 is 0 Å². The molecule has 0 aliphatic heterocycles. The number of carbonyl (C=O) groups is 1. The maximum Gasteiger partial charge on any atom is 0.352 e. The Kier molecular flexibility index (Phi) is 3.00. The van der Waals surface area contributed by atoms with Crippen LogP contribution in [-0.4, -0.2) is 37.6 Å². The Labute approximate surface area is 131 Å². The van der Waals surface area contributed by atoms with Gasteiger partial charge in [0.1, 0.15) is 23.5 Å². The van der Waals surface area contributed by atoms with Crippen LogP contribution in [0.1, 0.15) is 28.9 Å². The number of nitrogens with zero attached hydrogens (tertiary/aromatic N) is 3. The summed E-state index contributed by atoms with van der Waals surface area (Å²) in [4.78, 5) is 26.3. The summed E-state index contributed by atoms with van der Waals surface area (Å²) in [6.07, 6.45) is 7.28. The van der Waals surface area contributed by atoms with Crippen molar-refractivity contribution in [1.29, 1.82) is 0 Å². The molecule has 0 radical (unpaired) electrons. The zero-order valence-corrected chi connectivity index (χ0v) is 12.3. The maximum absolute atomic E-state index is 11.1. The molecule has 7 nitrogen and oxygen atoms in total. The highest BCUT2D eigenvalue weighted by Gasteiger charge is 2.44. The van der Waals surface area contributed by atoms with E-state index in [0.29, 0.717) is 16.9 Å². The molecule has 4 rings (SSSR count). The second-order valence-corrected chi connectivity index (χ2v) is 5.84. The molecule has 1 aliphatic rings. The number of fused-ring (bicyclic) bond motifs is 1. The van der Waals surface area contributed by atoms with Crippen molar-refractivity contribution in [3.8, 4) is 0 Å². The highest BCUT2D eigenvalue weighted by Crippen LogP contribution is 2.48. The van der Waals surface area contributed by atoms with E-state index in [-0.39, 0.29) is 11.1 Å². The molecular weight excluding hydrogens is 294 g/mol. The van der Waals surface area contributed by atoms with Crippen LogP contribution in [0.15, 0.2) is 36.9 Å². The first-order chi connectivity index (χ1) is 11.2. The first kappa shape index (κ1) is 13.7. The molecule has 0 saturated heterocycles.